The van der Waals surface area contributed by atoms with Crippen LogP contribution in [0.1, 0.15) is 22.7 Å². The van der Waals surface area contributed by atoms with Gasteiger partial charge in [-0.3, -0.25) is 9.36 Å². The summed E-state index contributed by atoms with van der Waals surface area (Å²) >= 11 is 3.62. The number of hydrogen-bond acceptors (Lipinski definition) is 6. The van der Waals surface area contributed by atoms with E-state index >= 15 is 0 Å². The van der Waals surface area contributed by atoms with E-state index < -0.39 is 0 Å². The Morgan fingerprint density at radius 3 is 2.64 bits per heavy atom. The van der Waals surface area contributed by atoms with Gasteiger partial charge >= 0.3 is 0 Å². The SMILES string of the molecule is COc1c(-c2nc3ccccc3o2)nc(N2CCc3ccccc3C2c2cccc(Br)c2)n(C)c1=O. The molecule has 2 aromatic heterocycles. The molecule has 5 aromatic rings. The molecule has 0 radical (unpaired) electrons. The Hall–Kier alpha value is -3.91. The summed E-state index contributed by atoms with van der Waals surface area (Å²) in [5.41, 5.74) is 4.89. The molecule has 3 heterocycles. The Balaban J connectivity index is 1.57. The third-order valence-electron chi connectivity index (χ3n) is 6.63. The zero-order chi connectivity index (χ0) is 24.8. The number of ether oxygens (including phenoxy) is 1. The molecule has 180 valence electrons. The van der Waals surface area contributed by atoms with Gasteiger partial charge in [-0.25, -0.2) is 9.97 Å². The summed E-state index contributed by atoms with van der Waals surface area (Å²) in [5.74, 6) is 0.880. The summed E-state index contributed by atoms with van der Waals surface area (Å²) in [6, 6.07) is 24.0. The van der Waals surface area contributed by atoms with Crippen molar-refractivity contribution < 1.29 is 9.15 Å². The molecule has 0 N–H and O–H groups in total. The lowest BCUT2D eigenvalue weighted by Crippen LogP contribution is -2.40. The van der Waals surface area contributed by atoms with Crippen LogP contribution in [0, 0.1) is 0 Å². The zero-order valence-electron chi connectivity index (χ0n) is 19.8. The summed E-state index contributed by atoms with van der Waals surface area (Å²) in [6.07, 6.45) is 0.834. The van der Waals surface area contributed by atoms with Gasteiger partial charge < -0.3 is 14.1 Å². The highest BCUT2D eigenvalue weighted by atomic mass is 79.9. The van der Waals surface area contributed by atoms with Crippen molar-refractivity contribution in [3.05, 3.63) is 104 Å². The zero-order valence-corrected chi connectivity index (χ0v) is 21.4. The fourth-order valence-corrected chi connectivity index (χ4v) is 5.36. The van der Waals surface area contributed by atoms with E-state index in [1.807, 2.05) is 36.4 Å². The first kappa shape index (κ1) is 22.5. The quantitative estimate of drug-likeness (QED) is 0.298. The van der Waals surface area contributed by atoms with Crippen LogP contribution in [0.2, 0.25) is 0 Å². The largest absolute Gasteiger partial charge is 0.489 e. The first-order valence-corrected chi connectivity index (χ1v) is 12.5. The Morgan fingerprint density at radius 2 is 1.83 bits per heavy atom. The lowest BCUT2D eigenvalue weighted by atomic mass is 9.88. The van der Waals surface area contributed by atoms with Crippen LogP contribution in [-0.4, -0.2) is 28.2 Å². The van der Waals surface area contributed by atoms with Crippen molar-refractivity contribution in [2.75, 3.05) is 18.6 Å². The number of methoxy groups -OCH3 is 1. The topological polar surface area (TPSA) is 73.4 Å². The second kappa shape index (κ2) is 8.95. The maximum Gasteiger partial charge on any atom is 0.297 e. The number of oxazole rings is 1. The van der Waals surface area contributed by atoms with E-state index in [9.17, 15) is 4.79 Å². The molecule has 6 rings (SSSR count). The van der Waals surface area contributed by atoms with Crippen LogP contribution in [0.5, 0.6) is 5.75 Å². The monoisotopic (exact) mass is 542 g/mol. The first-order valence-electron chi connectivity index (χ1n) is 11.7. The molecule has 0 bridgehead atoms. The van der Waals surface area contributed by atoms with Gasteiger partial charge in [-0.05, 0) is 47.4 Å². The molecule has 1 unspecified atom stereocenters. The standard InChI is InChI=1S/C28H23BrN4O3/c1-32-27(34)25(35-2)23(26-30-21-12-5-6-13-22(21)36-26)31-28(32)33-15-14-17-8-3-4-11-20(17)24(33)18-9-7-10-19(29)16-18/h3-13,16,24H,14-15H2,1-2H3. The maximum atomic E-state index is 13.5. The van der Waals surface area contributed by atoms with Crippen LogP contribution in [0.3, 0.4) is 0 Å². The van der Waals surface area contributed by atoms with Crippen molar-refractivity contribution in [3.8, 4) is 17.3 Å². The van der Waals surface area contributed by atoms with E-state index in [4.69, 9.17) is 14.1 Å². The van der Waals surface area contributed by atoms with Crippen LogP contribution < -0.4 is 15.2 Å². The van der Waals surface area contributed by atoms with Gasteiger partial charge in [0, 0.05) is 18.1 Å². The number of nitrogens with zero attached hydrogens (tertiary/aromatic N) is 4. The van der Waals surface area contributed by atoms with Gasteiger partial charge in [-0.2, -0.15) is 0 Å². The van der Waals surface area contributed by atoms with Crippen molar-refractivity contribution in [3.63, 3.8) is 0 Å². The average molecular weight is 543 g/mol. The molecular weight excluding hydrogens is 520 g/mol. The van der Waals surface area contributed by atoms with E-state index in [-0.39, 0.29) is 23.2 Å². The lowest BCUT2D eigenvalue weighted by molar-refractivity contribution is 0.401. The molecule has 7 nitrogen and oxygen atoms in total. The smallest absolute Gasteiger partial charge is 0.297 e. The second-order valence-electron chi connectivity index (χ2n) is 8.74. The van der Waals surface area contributed by atoms with Crippen LogP contribution in [0.4, 0.5) is 5.95 Å². The second-order valence-corrected chi connectivity index (χ2v) is 9.66. The summed E-state index contributed by atoms with van der Waals surface area (Å²) in [7, 11) is 3.19. The molecule has 1 aliphatic heterocycles. The number of anilines is 1. The fraction of sp³-hybridized carbons (Fsp3) is 0.179. The molecule has 1 atom stereocenters. The molecule has 8 heteroatoms. The summed E-state index contributed by atoms with van der Waals surface area (Å²) in [4.78, 5) is 25.2. The molecule has 0 amide bonds. The Kier molecular flexibility index (Phi) is 5.60. The van der Waals surface area contributed by atoms with Crippen molar-refractivity contribution in [2.24, 2.45) is 7.05 Å². The summed E-state index contributed by atoms with van der Waals surface area (Å²) in [6.45, 7) is 0.688. The number of para-hydroxylation sites is 2. The average Bonchev–Trinajstić information content (AvgIpc) is 3.33. The predicted octanol–water partition coefficient (Wildman–Crippen LogP) is 5.51. The van der Waals surface area contributed by atoms with Gasteiger partial charge in [0.05, 0.1) is 13.2 Å². The summed E-state index contributed by atoms with van der Waals surface area (Å²) in [5, 5.41) is 0. The summed E-state index contributed by atoms with van der Waals surface area (Å²) < 4.78 is 14.0. The van der Waals surface area contributed by atoms with Gasteiger partial charge in [0.1, 0.15) is 5.52 Å². The van der Waals surface area contributed by atoms with Gasteiger partial charge in [-0.15, -0.1) is 0 Å². The third-order valence-corrected chi connectivity index (χ3v) is 7.12. The molecular formula is C28H23BrN4O3. The molecule has 3 aromatic carbocycles. The highest BCUT2D eigenvalue weighted by molar-refractivity contribution is 9.10. The van der Waals surface area contributed by atoms with Crippen molar-refractivity contribution in [2.45, 2.75) is 12.5 Å². The van der Waals surface area contributed by atoms with Gasteiger partial charge in [0.2, 0.25) is 11.7 Å². The number of benzene rings is 3. The van der Waals surface area contributed by atoms with E-state index in [1.165, 1.54) is 18.2 Å². The number of hydrogen-bond donors (Lipinski definition) is 0. The number of fused-ring (bicyclic) bond motifs is 2. The van der Waals surface area contributed by atoms with Crippen LogP contribution >= 0.6 is 15.9 Å². The highest BCUT2D eigenvalue weighted by Crippen LogP contribution is 2.39. The van der Waals surface area contributed by atoms with Gasteiger partial charge in [0.15, 0.2) is 11.3 Å². The third kappa shape index (κ3) is 3.69. The minimum Gasteiger partial charge on any atom is -0.489 e. The molecule has 0 saturated heterocycles. The van der Waals surface area contributed by atoms with Crippen molar-refractivity contribution in [1.82, 2.24) is 14.5 Å². The molecule has 0 saturated carbocycles. The molecule has 0 spiro atoms. The fourth-order valence-electron chi connectivity index (χ4n) is 4.95. The van der Waals surface area contributed by atoms with Crippen LogP contribution in [0.25, 0.3) is 22.7 Å². The first-order chi connectivity index (χ1) is 17.5. The Labute approximate surface area is 216 Å². The normalized spacial score (nSPS) is 15.2. The van der Waals surface area contributed by atoms with Crippen molar-refractivity contribution in [1.29, 1.82) is 0 Å². The molecule has 0 aliphatic carbocycles. The Bertz CT molecular complexity index is 1630. The lowest BCUT2D eigenvalue weighted by Gasteiger charge is -2.39. The maximum absolute atomic E-state index is 13.5. The number of rotatable bonds is 4. The minimum absolute atomic E-state index is 0.101. The predicted molar refractivity (Wildman–Crippen MR) is 143 cm³/mol. The Morgan fingerprint density at radius 1 is 1.03 bits per heavy atom. The molecule has 1 aliphatic rings. The van der Waals surface area contributed by atoms with E-state index in [0.29, 0.717) is 29.3 Å². The minimum atomic E-state index is -0.299. The van der Waals surface area contributed by atoms with Crippen molar-refractivity contribution >= 4 is 33.0 Å². The molecule has 36 heavy (non-hydrogen) atoms. The number of aromatic nitrogens is 3. The number of halogens is 1. The van der Waals surface area contributed by atoms with E-state index in [2.05, 4.69) is 62.2 Å². The van der Waals surface area contributed by atoms with E-state index in [0.717, 1.165) is 16.5 Å². The van der Waals surface area contributed by atoms with Gasteiger partial charge in [0.25, 0.3) is 11.4 Å². The van der Waals surface area contributed by atoms with Gasteiger partial charge in [-0.1, -0.05) is 64.5 Å². The van der Waals surface area contributed by atoms with Crippen LogP contribution in [0.15, 0.2) is 86.5 Å². The van der Waals surface area contributed by atoms with Crippen LogP contribution in [-0.2, 0) is 13.5 Å². The highest BCUT2D eigenvalue weighted by Gasteiger charge is 2.33. The van der Waals surface area contributed by atoms with E-state index in [1.54, 1.807) is 11.6 Å². The molecule has 0 fully saturated rings.